The minimum atomic E-state index is -0.314. The molecule has 10 heavy (non-hydrogen) atoms. The van der Waals surface area contributed by atoms with Gasteiger partial charge in [-0.3, -0.25) is 0 Å². The van der Waals surface area contributed by atoms with Gasteiger partial charge in [-0.1, -0.05) is 12.7 Å². The Hall–Kier alpha value is -1.05. The lowest BCUT2D eigenvalue weighted by Crippen LogP contribution is -2.02. The van der Waals surface area contributed by atoms with Gasteiger partial charge in [0, 0.05) is 6.08 Å². The molecule has 0 radical (unpaired) electrons. The number of carbonyl (C=O) groups is 1. The third-order valence-corrected chi connectivity index (χ3v) is 0.764. The highest BCUT2D eigenvalue weighted by atomic mass is 16.5. The maximum Gasteiger partial charge on any atom is 0.330 e. The van der Waals surface area contributed by atoms with Crippen molar-refractivity contribution in [3.05, 3.63) is 24.3 Å². The molecule has 0 aromatic carbocycles. The molecule has 0 aliphatic carbocycles. The predicted octanol–water partition coefficient (Wildman–Crippen LogP) is 1.68. The van der Waals surface area contributed by atoms with Gasteiger partial charge in [0.25, 0.3) is 0 Å². The van der Waals surface area contributed by atoms with Crippen LogP contribution in [0.5, 0.6) is 0 Å². The van der Waals surface area contributed by atoms with E-state index >= 15 is 0 Å². The third kappa shape index (κ3) is 5.09. The zero-order valence-corrected chi connectivity index (χ0v) is 6.39. The summed E-state index contributed by atoms with van der Waals surface area (Å²) in [6, 6.07) is 0. The second-order valence-corrected chi connectivity index (χ2v) is 2.06. The van der Waals surface area contributed by atoms with Crippen LogP contribution < -0.4 is 0 Å². The quantitative estimate of drug-likeness (QED) is 0.338. The molecule has 2 nitrogen and oxygen atoms in total. The van der Waals surface area contributed by atoms with Gasteiger partial charge in [0.05, 0.1) is 0 Å². The van der Waals surface area contributed by atoms with Crippen LogP contribution in [0, 0.1) is 0 Å². The summed E-state index contributed by atoms with van der Waals surface area (Å²) in [7, 11) is 0. The van der Waals surface area contributed by atoms with Gasteiger partial charge in [-0.2, -0.15) is 0 Å². The van der Waals surface area contributed by atoms with Crippen LogP contribution in [-0.4, -0.2) is 12.6 Å². The molecule has 56 valence electrons. The lowest BCUT2D eigenvalue weighted by molar-refractivity contribution is -0.136. The highest BCUT2D eigenvalue weighted by Gasteiger charge is 1.93. The van der Waals surface area contributed by atoms with Crippen LogP contribution >= 0.6 is 0 Å². The Morgan fingerprint density at radius 3 is 2.70 bits per heavy atom. The summed E-state index contributed by atoms with van der Waals surface area (Å²) in [6.45, 7) is 7.47. The second kappa shape index (κ2) is 4.79. The van der Waals surface area contributed by atoms with Gasteiger partial charge in [0.15, 0.2) is 0 Å². The van der Waals surface area contributed by atoms with Crippen molar-refractivity contribution in [1.82, 2.24) is 0 Å². The Kier molecular flexibility index (Phi) is 4.29. The molecular weight excluding hydrogens is 128 g/mol. The normalized spacial score (nSPS) is 9.80. The van der Waals surface area contributed by atoms with E-state index in [0.717, 1.165) is 5.57 Å². The maximum absolute atomic E-state index is 10.6. The smallest absolute Gasteiger partial charge is 0.330 e. The van der Waals surface area contributed by atoms with Gasteiger partial charge < -0.3 is 4.74 Å². The zero-order chi connectivity index (χ0) is 7.98. The van der Waals surface area contributed by atoms with Gasteiger partial charge in [-0.15, -0.1) is 0 Å². The van der Waals surface area contributed by atoms with Crippen LogP contribution in [0.25, 0.3) is 0 Å². The highest BCUT2D eigenvalue weighted by molar-refractivity contribution is 5.81. The Morgan fingerprint density at radius 2 is 2.30 bits per heavy atom. The van der Waals surface area contributed by atoms with Crippen LogP contribution in [0.3, 0.4) is 0 Å². The maximum atomic E-state index is 10.6. The SMILES string of the molecule is C=C(C)COC(=O)/C=C/C. The summed E-state index contributed by atoms with van der Waals surface area (Å²) in [5.41, 5.74) is 0.845. The number of carbonyl (C=O) groups excluding carboxylic acids is 1. The van der Waals surface area contributed by atoms with Gasteiger partial charge in [-0.25, -0.2) is 4.79 Å². The molecule has 0 saturated carbocycles. The van der Waals surface area contributed by atoms with Gasteiger partial charge >= 0.3 is 5.97 Å². The Bertz CT molecular complexity index is 157. The van der Waals surface area contributed by atoms with Gasteiger partial charge in [-0.05, 0) is 19.4 Å². The molecule has 0 atom stereocenters. The molecule has 0 aliphatic rings. The lowest BCUT2D eigenvalue weighted by Gasteiger charge is -1.98. The van der Waals surface area contributed by atoms with Gasteiger partial charge in [0.2, 0.25) is 0 Å². The number of ether oxygens (including phenoxy) is 1. The first-order valence-corrected chi connectivity index (χ1v) is 3.10. The van der Waals surface area contributed by atoms with E-state index < -0.39 is 0 Å². The average Bonchev–Trinajstić information content (AvgIpc) is 1.85. The van der Waals surface area contributed by atoms with Crippen LogP contribution in [0.4, 0.5) is 0 Å². The Balaban J connectivity index is 3.50. The van der Waals surface area contributed by atoms with Crippen LogP contribution in [0.2, 0.25) is 0 Å². The van der Waals surface area contributed by atoms with Crippen LogP contribution in [0.1, 0.15) is 13.8 Å². The molecule has 0 aliphatic heterocycles. The van der Waals surface area contributed by atoms with E-state index in [1.165, 1.54) is 6.08 Å². The molecule has 0 spiro atoms. The van der Waals surface area contributed by atoms with E-state index in [2.05, 4.69) is 6.58 Å². The molecule has 0 N–H and O–H groups in total. The van der Waals surface area contributed by atoms with E-state index in [1.54, 1.807) is 13.0 Å². The molecule has 0 heterocycles. The molecule has 0 rings (SSSR count). The molecule has 0 amide bonds. The fraction of sp³-hybridized carbons (Fsp3) is 0.375. The molecule has 0 fully saturated rings. The van der Waals surface area contributed by atoms with Crippen LogP contribution in [-0.2, 0) is 9.53 Å². The summed E-state index contributed by atoms with van der Waals surface area (Å²) < 4.78 is 4.72. The molecule has 0 saturated heterocycles. The van der Waals surface area contributed by atoms with Gasteiger partial charge in [0.1, 0.15) is 6.61 Å². The first kappa shape index (κ1) is 8.95. The highest BCUT2D eigenvalue weighted by Crippen LogP contribution is 1.89. The molecule has 0 unspecified atom stereocenters. The second-order valence-electron chi connectivity index (χ2n) is 2.06. The topological polar surface area (TPSA) is 26.3 Å². The number of allylic oxidation sites excluding steroid dienone is 1. The largest absolute Gasteiger partial charge is 0.458 e. The van der Waals surface area contributed by atoms with Crippen molar-refractivity contribution in [3.8, 4) is 0 Å². The molecule has 0 aromatic rings. The first-order valence-electron chi connectivity index (χ1n) is 3.10. The van der Waals surface area contributed by atoms with E-state index in [-0.39, 0.29) is 5.97 Å². The van der Waals surface area contributed by atoms with E-state index in [4.69, 9.17) is 4.74 Å². The number of hydrogen-bond acceptors (Lipinski definition) is 2. The number of hydrogen-bond donors (Lipinski definition) is 0. The van der Waals surface area contributed by atoms with Crippen LogP contribution in [0.15, 0.2) is 24.3 Å². The molecular formula is C8H12O2. The minimum Gasteiger partial charge on any atom is -0.458 e. The molecule has 2 heteroatoms. The monoisotopic (exact) mass is 140 g/mol. The summed E-state index contributed by atoms with van der Waals surface area (Å²) in [4.78, 5) is 10.6. The summed E-state index contributed by atoms with van der Waals surface area (Å²) in [6.07, 6.45) is 3.02. The first-order chi connectivity index (χ1) is 4.66. The lowest BCUT2D eigenvalue weighted by atomic mass is 10.4. The zero-order valence-electron chi connectivity index (χ0n) is 6.39. The van der Waals surface area contributed by atoms with Crippen molar-refractivity contribution in [2.24, 2.45) is 0 Å². The summed E-state index contributed by atoms with van der Waals surface area (Å²) in [5, 5.41) is 0. The van der Waals surface area contributed by atoms with Crippen molar-refractivity contribution in [1.29, 1.82) is 0 Å². The number of esters is 1. The van der Waals surface area contributed by atoms with E-state index in [9.17, 15) is 4.79 Å². The van der Waals surface area contributed by atoms with E-state index in [0.29, 0.717) is 6.61 Å². The standard InChI is InChI=1S/C8H12O2/c1-4-5-8(9)10-6-7(2)3/h4-5H,2,6H2,1,3H3/b5-4+. The number of rotatable bonds is 3. The fourth-order valence-corrected chi connectivity index (χ4v) is 0.379. The molecule has 0 aromatic heterocycles. The van der Waals surface area contributed by atoms with Crippen molar-refractivity contribution in [3.63, 3.8) is 0 Å². The average molecular weight is 140 g/mol. The van der Waals surface area contributed by atoms with Crippen molar-refractivity contribution in [2.45, 2.75) is 13.8 Å². The van der Waals surface area contributed by atoms with Crippen molar-refractivity contribution < 1.29 is 9.53 Å². The summed E-state index contributed by atoms with van der Waals surface area (Å²) in [5.74, 6) is -0.314. The third-order valence-electron chi connectivity index (χ3n) is 0.764. The predicted molar refractivity (Wildman–Crippen MR) is 40.6 cm³/mol. The minimum absolute atomic E-state index is 0.309. The molecule has 0 bridgehead atoms. The Labute approximate surface area is 61.2 Å². The van der Waals surface area contributed by atoms with Crippen molar-refractivity contribution >= 4 is 5.97 Å². The summed E-state index contributed by atoms with van der Waals surface area (Å²) >= 11 is 0. The fourth-order valence-electron chi connectivity index (χ4n) is 0.379. The Morgan fingerprint density at radius 1 is 1.70 bits per heavy atom. The van der Waals surface area contributed by atoms with Crippen molar-refractivity contribution in [2.75, 3.05) is 6.61 Å². The van der Waals surface area contributed by atoms with E-state index in [1.807, 2.05) is 6.92 Å².